The molecule has 0 saturated carbocycles. The van der Waals surface area contributed by atoms with Crippen molar-refractivity contribution < 1.29 is 19.1 Å². The molecule has 0 radical (unpaired) electrons. The maximum Gasteiger partial charge on any atom is 0.336 e. The van der Waals surface area contributed by atoms with Crippen LogP contribution in [0.2, 0.25) is 0 Å². The van der Waals surface area contributed by atoms with Gasteiger partial charge in [-0.25, -0.2) is 4.79 Å². The molecule has 1 aliphatic heterocycles. The Morgan fingerprint density at radius 2 is 1.82 bits per heavy atom. The Morgan fingerprint density at radius 3 is 2.59 bits per heavy atom. The number of hydrogen-bond acceptors (Lipinski definition) is 5. The maximum atomic E-state index is 12.9. The van der Waals surface area contributed by atoms with Gasteiger partial charge in [0.05, 0.1) is 17.3 Å². The second-order valence-corrected chi connectivity index (χ2v) is 9.57. The number of thiocarbonyl (C=S) groups is 1. The number of carbonyl (C=O) groups is 2. The number of carboxylic acids is 1. The maximum absolute atomic E-state index is 12.9. The molecular weight excluding hydrogens is 512 g/mol. The zero-order valence-corrected chi connectivity index (χ0v) is 22.2. The van der Waals surface area contributed by atoms with Gasteiger partial charge in [0.25, 0.3) is 0 Å². The quantitative estimate of drug-likeness (QED) is 0.235. The topological polar surface area (TPSA) is 108 Å². The van der Waals surface area contributed by atoms with E-state index in [2.05, 4.69) is 15.6 Å². The SMILES string of the molecule is CCc1ccccc1NC(=O)CCN1C(=S)N[C@H](c2ccccn2)[C@@H]1c1ccc(-c2ccccc2C(=O)O)o1. The first-order valence-corrected chi connectivity index (χ1v) is 13.1. The molecule has 3 N–H and O–H groups in total. The lowest BCUT2D eigenvalue weighted by atomic mass is 10.0. The molecule has 2 atom stereocenters. The molecule has 1 amide bonds. The number of benzene rings is 2. The highest BCUT2D eigenvalue weighted by atomic mass is 32.1. The molecule has 0 bridgehead atoms. The number of para-hydroxylation sites is 1. The van der Waals surface area contributed by atoms with Crippen LogP contribution in [-0.4, -0.2) is 38.5 Å². The fourth-order valence-electron chi connectivity index (χ4n) is 4.88. The van der Waals surface area contributed by atoms with E-state index in [9.17, 15) is 14.7 Å². The number of pyridine rings is 1. The summed E-state index contributed by atoms with van der Waals surface area (Å²) in [5, 5.41) is 16.5. The highest BCUT2D eigenvalue weighted by Gasteiger charge is 2.41. The number of aromatic nitrogens is 1. The van der Waals surface area contributed by atoms with Crippen molar-refractivity contribution in [3.63, 3.8) is 0 Å². The molecule has 9 heteroatoms. The number of amides is 1. The van der Waals surface area contributed by atoms with Crippen LogP contribution in [-0.2, 0) is 11.2 Å². The number of nitrogens with zero attached hydrogens (tertiary/aromatic N) is 2. The van der Waals surface area contributed by atoms with Crippen molar-refractivity contribution in [1.82, 2.24) is 15.2 Å². The Balaban J connectivity index is 1.42. The van der Waals surface area contributed by atoms with Crippen LogP contribution in [0.25, 0.3) is 11.3 Å². The summed E-state index contributed by atoms with van der Waals surface area (Å²) in [5.41, 5.74) is 3.29. The van der Waals surface area contributed by atoms with E-state index in [-0.39, 0.29) is 23.9 Å². The van der Waals surface area contributed by atoms with Gasteiger partial charge >= 0.3 is 5.97 Å². The van der Waals surface area contributed by atoms with Crippen LogP contribution in [0.4, 0.5) is 5.69 Å². The number of anilines is 1. The summed E-state index contributed by atoms with van der Waals surface area (Å²) < 4.78 is 6.27. The van der Waals surface area contributed by atoms with Crippen molar-refractivity contribution in [1.29, 1.82) is 0 Å². The lowest BCUT2D eigenvalue weighted by molar-refractivity contribution is -0.116. The van der Waals surface area contributed by atoms with Crippen molar-refractivity contribution in [3.05, 3.63) is 108 Å². The Kier molecular flexibility index (Phi) is 7.69. The minimum Gasteiger partial charge on any atom is -0.478 e. The fraction of sp³-hybridized carbons (Fsp3) is 0.200. The zero-order chi connectivity index (χ0) is 27.4. The molecule has 0 spiro atoms. The number of aryl methyl sites for hydroxylation is 1. The monoisotopic (exact) mass is 540 g/mol. The molecule has 8 nitrogen and oxygen atoms in total. The zero-order valence-electron chi connectivity index (χ0n) is 21.3. The second-order valence-electron chi connectivity index (χ2n) is 9.18. The van der Waals surface area contributed by atoms with Gasteiger partial charge in [-0.3, -0.25) is 9.78 Å². The largest absolute Gasteiger partial charge is 0.478 e. The molecule has 1 saturated heterocycles. The molecule has 5 rings (SSSR count). The van der Waals surface area contributed by atoms with Crippen LogP contribution >= 0.6 is 12.2 Å². The second kappa shape index (κ2) is 11.5. The number of rotatable bonds is 9. The summed E-state index contributed by atoms with van der Waals surface area (Å²) >= 11 is 5.71. The molecule has 1 fully saturated rings. The first kappa shape index (κ1) is 26.1. The minimum atomic E-state index is -1.03. The number of hydrogen-bond donors (Lipinski definition) is 3. The predicted molar refractivity (Wildman–Crippen MR) is 152 cm³/mol. The lowest BCUT2D eigenvalue weighted by Gasteiger charge is -2.26. The van der Waals surface area contributed by atoms with Gasteiger partial charge in [-0.15, -0.1) is 0 Å². The highest BCUT2D eigenvalue weighted by Crippen LogP contribution is 2.40. The predicted octanol–water partition coefficient (Wildman–Crippen LogP) is 5.60. The van der Waals surface area contributed by atoms with Crippen LogP contribution < -0.4 is 10.6 Å². The van der Waals surface area contributed by atoms with Gasteiger partial charge in [-0.2, -0.15) is 0 Å². The van der Waals surface area contributed by atoms with Crippen molar-refractivity contribution in [2.45, 2.75) is 31.8 Å². The molecule has 0 unspecified atom stereocenters. The number of carbonyl (C=O) groups excluding carboxylic acids is 1. The van der Waals surface area contributed by atoms with E-state index in [4.69, 9.17) is 16.6 Å². The first-order valence-electron chi connectivity index (χ1n) is 12.7. The van der Waals surface area contributed by atoms with E-state index in [0.29, 0.717) is 28.7 Å². The molecular formula is C30H28N4O4S. The average Bonchev–Trinajstić information content (AvgIpc) is 3.57. The van der Waals surface area contributed by atoms with E-state index in [1.165, 1.54) is 0 Å². The van der Waals surface area contributed by atoms with Crippen molar-refractivity contribution in [3.8, 4) is 11.3 Å². The summed E-state index contributed by atoms with van der Waals surface area (Å²) in [6, 6.07) is 23.0. The third-order valence-electron chi connectivity index (χ3n) is 6.79. The Hall–Kier alpha value is -4.50. The van der Waals surface area contributed by atoms with Crippen molar-refractivity contribution in [2.24, 2.45) is 0 Å². The molecule has 2 aromatic carbocycles. The summed E-state index contributed by atoms with van der Waals surface area (Å²) in [7, 11) is 0. The number of carboxylic acid groups (broad SMARTS) is 1. The molecule has 1 aliphatic rings. The molecule has 4 aromatic rings. The van der Waals surface area contributed by atoms with Crippen molar-refractivity contribution >= 4 is 34.9 Å². The summed E-state index contributed by atoms with van der Waals surface area (Å²) in [4.78, 5) is 31.2. The van der Waals surface area contributed by atoms with Gasteiger partial charge in [-0.05, 0) is 60.6 Å². The lowest BCUT2D eigenvalue weighted by Crippen LogP contribution is -2.32. The van der Waals surface area contributed by atoms with Gasteiger partial charge in [-0.1, -0.05) is 49.4 Å². The molecule has 3 heterocycles. The number of aromatic carboxylic acids is 1. The van der Waals surface area contributed by atoms with Crippen LogP contribution in [0.1, 0.15) is 52.8 Å². The van der Waals surface area contributed by atoms with E-state index in [0.717, 1.165) is 23.4 Å². The fourth-order valence-corrected chi connectivity index (χ4v) is 5.21. The Labute approximate surface area is 231 Å². The van der Waals surface area contributed by atoms with E-state index < -0.39 is 12.0 Å². The van der Waals surface area contributed by atoms with Gasteiger partial charge in [0.2, 0.25) is 5.91 Å². The highest BCUT2D eigenvalue weighted by molar-refractivity contribution is 7.80. The van der Waals surface area contributed by atoms with E-state index in [1.807, 2.05) is 60.4 Å². The minimum absolute atomic E-state index is 0.116. The van der Waals surface area contributed by atoms with Crippen LogP contribution in [0, 0.1) is 0 Å². The summed E-state index contributed by atoms with van der Waals surface area (Å²) in [6.07, 6.45) is 2.74. The van der Waals surface area contributed by atoms with Gasteiger partial charge < -0.3 is 25.1 Å². The van der Waals surface area contributed by atoms with Crippen LogP contribution in [0.5, 0.6) is 0 Å². The van der Waals surface area contributed by atoms with Gasteiger partial charge in [0, 0.05) is 30.4 Å². The van der Waals surface area contributed by atoms with E-state index in [1.54, 1.807) is 36.5 Å². The number of furan rings is 1. The van der Waals surface area contributed by atoms with E-state index >= 15 is 0 Å². The molecule has 2 aromatic heterocycles. The van der Waals surface area contributed by atoms with Crippen LogP contribution in [0.3, 0.4) is 0 Å². The first-order chi connectivity index (χ1) is 19.0. The Morgan fingerprint density at radius 1 is 1.05 bits per heavy atom. The van der Waals surface area contributed by atoms with Gasteiger partial charge in [0.15, 0.2) is 5.11 Å². The summed E-state index contributed by atoms with van der Waals surface area (Å²) in [5.74, 6) is -0.121. The van der Waals surface area contributed by atoms with Gasteiger partial charge in [0.1, 0.15) is 17.6 Å². The number of nitrogens with one attached hydrogen (secondary N) is 2. The van der Waals surface area contributed by atoms with Crippen molar-refractivity contribution in [2.75, 3.05) is 11.9 Å². The molecule has 198 valence electrons. The normalized spacial score (nSPS) is 16.6. The summed E-state index contributed by atoms with van der Waals surface area (Å²) in [6.45, 7) is 2.40. The third kappa shape index (κ3) is 5.53. The molecule has 39 heavy (non-hydrogen) atoms. The standard InChI is InChI=1S/C30H28N4O4S/c1-2-19-9-3-6-12-22(19)32-26(35)16-18-34-28(27(33-30(34)39)23-13-7-8-17-31-23)25-15-14-24(38-25)20-10-4-5-11-21(20)29(36)37/h3-15,17,27-28H,2,16,18H2,1H3,(H,32,35)(H,33,39)(H,36,37)/t27-,28+/m1/s1. The smallest absolute Gasteiger partial charge is 0.336 e. The average molecular weight is 541 g/mol. The third-order valence-corrected chi connectivity index (χ3v) is 7.14. The Bertz CT molecular complexity index is 1500. The van der Waals surface area contributed by atoms with Crippen LogP contribution in [0.15, 0.2) is 89.5 Å². The molecule has 0 aliphatic carbocycles.